The van der Waals surface area contributed by atoms with Crippen LogP contribution < -0.4 is 9.54 Å². The van der Waals surface area contributed by atoms with Crippen LogP contribution in [0.4, 0.5) is 0 Å². The second kappa shape index (κ2) is 8.38. The molecule has 1 heterocycles. The fourth-order valence-corrected chi connectivity index (χ4v) is 5.29. The van der Waals surface area contributed by atoms with Crippen LogP contribution in [0.2, 0.25) is 0 Å². The van der Waals surface area contributed by atoms with Crippen molar-refractivity contribution in [2.45, 2.75) is 16.3 Å². The lowest BCUT2D eigenvalue weighted by Gasteiger charge is -2.05. The van der Waals surface area contributed by atoms with E-state index >= 15 is 0 Å². The molecule has 0 saturated heterocycles. The molecule has 0 aliphatic rings. The predicted molar refractivity (Wildman–Crippen MR) is 109 cm³/mol. The molecule has 1 aromatic heterocycles. The molecule has 148 valence electrons. The lowest BCUT2D eigenvalue weighted by atomic mass is 10.3. The smallest absolute Gasteiger partial charge is 0.325 e. The maximum absolute atomic E-state index is 12.8. The van der Waals surface area contributed by atoms with Gasteiger partial charge in [-0.2, -0.15) is 8.42 Å². The van der Waals surface area contributed by atoms with E-state index in [2.05, 4.69) is 4.40 Å². The second-order valence-corrected chi connectivity index (χ2v) is 9.12. The third kappa shape index (κ3) is 4.23. The van der Waals surface area contributed by atoms with E-state index in [0.29, 0.717) is 5.75 Å². The SMILES string of the molecule is COC(=O)Cn1/c(=N/S(=O)(=O)c2ccc(OC)cc2)sc2cc(SC)ccc21. The highest BCUT2D eigenvalue weighted by molar-refractivity contribution is 7.98. The minimum absolute atomic E-state index is 0.0418. The molecule has 0 aliphatic carbocycles. The van der Waals surface area contributed by atoms with Gasteiger partial charge in [-0.25, -0.2) is 0 Å². The molecule has 0 radical (unpaired) electrons. The number of nitrogens with zero attached hydrogens (tertiary/aromatic N) is 2. The molecular formula is C18H18N2O5S3. The fourth-order valence-electron chi connectivity index (χ4n) is 2.50. The van der Waals surface area contributed by atoms with Crippen LogP contribution in [0.1, 0.15) is 0 Å². The van der Waals surface area contributed by atoms with E-state index < -0.39 is 16.0 Å². The van der Waals surface area contributed by atoms with Crippen molar-refractivity contribution in [1.82, 2.24) is 4.57 Å². The standard InChI is InChI=1S/C18H18N2O5S3/c1-24-12-4-7-14(8-5-12)28(22,23)19-18-20(11-17(21)25-2)15-9-6-13(26-3)10-16(15)27-18/h4-10H,11H2,1-3H3/b19-18-. The van der Waals surface area contributed by atoms with Crippen molar-refractivity contribution in [3.63, 3.8) is 0 Å². The maximum Gasteiger partial charge on any atom is 0.325 e. The van der Waals surface area contributed by atoms with Gasteiger partial charge in [-0.15, -0.1) is 16.2 Å². The molecular weight excluding hydrogens is 420 g/mol. The molecule has 28 heavy (non-hydrogen) atoms. The third-order valence-corrected chi connectivity index (χ3v) is 7.12. The molecule has 2 aromatic carbocycles. The van der Waals surface area contributed by atoms with Gasteiger partial charge in [0.1, 0.15) is 12.3 Å². The number of carbonyl (C=O) groups is 1. The number of fused-ring (bicyclic) bond motifs is 1. The summed E-state index contributed by atoms with van der Waals surface area (Å²) in [6, 6.07) is 11.7. The molecule has 0 atom stereocenters. The highest BCUT2D eigenvalue weighted by atomic mass is 32.2. The Morgan fingerprint density at radius 3 is 2.50 bits per heavy atom. The summed E-state index contributed by atoms with van der Waals surface area (Å²) < 4.78 is 41.7. The Bertz CT molecular complexity index is 1180. The van der Waals surface area contributed by atoms with Crippen molar-refractivity contribution in [1.29, 1.82) is 0 Å². The number of hydrogen-bond donors (Lipinski definition) is 0. The average Bonchev–Trinajstić information content (AvgIpc) is 3.03. The highest BCUT2D eigenvalue weighted by Gasteiger charge is 2.16. The van der Waals surface area contributed by atoms with E-state index in [9.17, 15) is 13.2 Å². The van der Waals surface area contributed by atoms with Gasteiger partial charge < -0.3 is 14.0 Å². The number of sulfonamides is 1. The summed E-state index contributed by atoms with van der Waals surface area (Å²) in [4.78, 5) is 13.1. The molecule has 0 amide bonds. The molecule has 3 rings (SSSR count). The van der Waals surface area contributed by atoms with Gasteiger partial charge in [-0.1, -0.05) is 11.3 Å². The Kier molecular flexibility index (Phi) is 6.11. The summed E-state index contributed by atoms with van der Waals surface area (Å²) in [6.07, 6.45) is 1.96. The number of hydrogen-bond acceptors (Lipinski definition) is 7. The first-order chi connectivity index (χ1) is 13.4. The molecule has 0 unspecified atom stereocenters. The molecule has 0 aliphatic heterocycles. The number of rotatable bonds is 6. The number of benzene rings is 2. The van der Waals surface area contributed by atoms with Crippen molar-refractivity contribution in [2.24, 2.45) is 4.40 Å². The maximum atomic E-state index is 12.8. The first kappa shape index (κ1) is 20.4. The van der Waals surface area contributed by atoms with Crippen LogP contribution in [0.3, 0.4) is 0 Å². The highest BCUT2D eigenvalue weighted by Crippen LogP contribution is 2.25. The van der Waals surface area contributed by atoms with Crippen LogP contribution in [0.5, 0.6) is 5.75 Å². The number of methoxy groups -OCH3 is 2. The van der Waals surface area contributed by atoms with E-state index in [0.717, 1.165) is 15.1 Å². The summed E-state index contributed by atoms with van der Waals surface area (Å²) in [6.45, 7) is -0.133. The molecule has 3 aromatic rings. The number of aromatic nitrogens is 1. The minimum atomic E-state index is -3.96. The van der Waals surface area contributed by atoms with E-state index in [1.165, 1.54) is 37.7 Å². The van der Waals surface area contributed by atoms with E-state index in [1.54, 1.807) is 28.5 Å². The molecule has 0 bridgehead atoms. The van der Waals surface area contributed by atoms with Gasteiger partial charge in [0.15, 0.2) is 0 Å². The molecule has 0 fully saturated rings. The average molecular weight is 439 g/mol. The zero-order chi connectivity index (χ0) is 20.3. The first-order valence-corrected chi connectivity index (χ1v) is 11.6. The summed E-state index contributed by atoms with van der Waals surface area (Å²) in [7, 11) is -1.18. The Morgan fingerprint density at radius 1 is 1.18 bits per heavy atom. The lowest BCUT2D eigenvalue weighted by Crippen LogP contribution is -2.22. The molecule has 7 nitrogen and oxygen atoms in total. The number of esters is 1. The molecule has 0 N–H and O–H groups in total. The summed E-state index contributed by atoms with van der Waals surface area (Å²) in [5.41, 5.74) is 0.719. The Morgan fingerprint density at radius 2 is 1.89 bits per heavy atom. The molecule has 10 heteroatoms. The topological polar surface area (TPSA) is 87.0 Å². The second-order valence-electron chi connectivity index (χ2n) is 5.62. The Labute approximate surface area is 170 Å². The van der Waals surface area contributed by atoms with Crippen molar-refractivity contribution in [3.8, 4) is 5.75 Å². The summed E-state index contributed by atoms with van der Waals surface area (Å²) in [5, 5.41) is 0. The molecule has 0 saturated carbocycles. The lowest BCUT2D eigenvalue weighted by molar-refractivity contribution is -0.141. The van der Waals surface area contributed by atoms with Crippen molar-refractivity contribution in [2.75, 3.05) is 20.5 Å². The van der Waals surface area contributed by atoms with Gasteiger partial charge in [0.05, 0.1) is 29.3 Å². The van der Waals surface area contributed by atoms with Gasteiger partial charge in [0.25, 0.3) is 10.0 Å². The predicted octanol–water partition coefficient (Wildman–Crippen LogP) is 2.90. The largest absolute Gasteiger partial charge is 0.497 e. The van der Waals surface area contributed by atoms with Crippen LogP contribution in [0.15, 0.2) is 56.7 Å². The minimum Gasteiger partial charge on any atom is -0.497 e. The van der Waals surface area contributed by atoms with Crippen molar-refractivity contribution in [3.05, 3.63) is 47.3 Å². The quantitative estimate of drug-likeness (QED) is 0.434. The number of carbonyl (C=O) groups excluding carboxylic acids is 1. The Balaban J connectivity index is 2.18. The van der Waals surface area contributed by atoms with Crippen LogP contribution in [0.25, 0.3) is 10.2 Å². The van der Waals surface area contributed by atoms with Crippen LogP contribution in [0, 0.1) is 0 Å². The fraction of sp³-hybridized carbons (Fsp3) is 0.222. The van der Waals surface area contributed by atoms with E-state index in [4.69, 9.17) is 9.47 Å². The molecule has 0 spiro atoms. The van der Waals surface area contributed by atoms with Gasteiger partial charge in [-0.3, -0.25) is 4.79 Å². The number of thiazole rings is 1. The van der Waals surface area contributed by atoms with Gasteiger partial charge in [0, 0.05) is 4.90 Å². The monoisotopic (exact) mass is 438 g/mol. The van der Waals surface area contributed by atoms with Crippen molar-refractivity contribution >= 4 is 49.3 Å². The van der Waals surface area contributed by atoms with Gasteiger partial charge >= 0.3 is 5.97 Å². The first-order valence-electron chi connectivity index (χ1n) is 8.07. The Hall–Kier alpha value is -2.30. The normalized spacial score (nSPS) is 12.3. The number of ether oxygens (including phenoxy) is 2. The summed E-state index contributed by atoms with van der Waals surface area (Å²) in [5.74, 6) is 0.0584. The van der Waals surface area contributed by atoms with Gasteiger partial charge in [0.2, 0.25) is 4.80 Å². The summed E-state index contributed by atoms with van der Waals surface area (Å²) >= 11 is 2.78. The zero-order valence-electron chi connectivity index (χ0n) is 15.4. The van der Waals surface area contributed by atoms with Crippen molar-refractivity contribution < 1.29 is 22.7 Å². The van der Waals surface area contributed by atoms with Crippen LogP contribution in [-0.4, -0.2) is 39.4 Å². The van der Waals surface area contributed by atoms with Crippen LogP contribution >= 0.6 is 23.1 Å². The van der Waals surface area contributed by atoms with Crippen LogP contribution in [-0.2, 0) is 26.1 Å². The number of thioether (sulfide) groups is 1. The van der Waals surface area contributed by atoms with Gasteiger partial charge in [-0.05, 0) is 48.7 Å². The zero-order valence-corrected chi connectivity index (χ0v) is 17.9. The third-order valence-electron chi connectivity index (χ3n) is 3.96. The van der Waals surface area contributed by atoms with E-state index in [1.807, 2.05) is 24.5 Å². The van der Waals surface area contributed by atoms with E-state index in [-0.39, 0.29) is 16.2 Å².